The highest BCUT2D eigenvalue weighted by atomic mass is 16.3. The molecule has 3 heterocycles. The number of aryl methyl sites for hydroxylation is 1. The number of aromatic amines is 1. The minimum atomic E-state index is -0.542. The number of hydrogen-bond donors (Lipinski definition) is 2. The molecular weight excluding hydrogens is 318 g/mol. The van der Waals surface area contributed by atoms with Crippen LogP contribution in [0.15, 0.2) is 24.5 Å². The molecule has 134 valence electrons. The first-order valence-corrected chi connectivity index (χ1v) is 8.97. The molecule has 2 fully saturated rings. The van der Waals surface area contributed by atoms with Crippen molar-refractivity contribution in [1.82, 2.24) is 24.3 Å². The van der Waals surface area contributed by atoms with Crippen LogP contribution in [-0.4, -0.2) is 67.6 Å². The molecule has 1 atom stereocenters. The second-order valence-corrected chi connectivity index (χ2v) is 7.17. The van der Waals surface area contributed by atoms with Crippen LogP contribution in [0.3, 0.4) is 0 Å². The third kappa shape index (κ3) is 3.62. The van der Waals surface area contributed by atoms with Crippen LogP contribution in [0.25, 0.3) is 0 Å². The lowest BCUT2D eigenvalue weighted by Crippen LogP contribution is -2.38. The molecule has 0 spiro atoms. The average molecular weight is 343 g/mol. The zero-order valence-electron chi connectivity index (χ0n) is 14.6. The number of nitrogens with one attached hydrogen (secondary N) is 1. The Hall–Kier alpha value is -2.12. The molecule has 1 aliphatic carbocycles. The zero-order chi connectivity index (χ0) is 17.4. The van der Waals surface area contributed by atoms with Crippen LogP contribution in [-0.2, 0) is 6.54 Å². The average Bonchev–Trinajstić information content (AvgIpc) is 3.22. The van der Waals surface area contributed by atoms with E-state index in [0.717, 1.165) is 36.6 Å². The summed E-state index contributed by atoms with van der Waals surface area (Å²) in [5.74, 6) is 0.915. The first kappa shape index (κ1) is 16.4. The van der Waals surface area contributed by atoms with Crippen LogP contribution in [0.4, 0.5) is 0 Å². The molecule has 2 aromatic heterocycles. The first-order valence-electron chi connectivity index (χ1n) is 8.97. The Kier molecular flexibility index (Phi) is 4.35. The molecule has 0 bridgehead atoms. The lowest BCUT2D eigenvalue weighted by atomic mass is 10.3. The van der Waals surface area contributed by atoms with E-state index in [2.05, 4.69) is 19.4 Å². The molecule has 1 saturated heterocycles. The second kappa shape index (κ2) is 6.65. The van der Waals surface area contributed by atoms with Crippen LogP contribution >= 0.6 is 0 Å². The van der Waals surface area contributed by atoms with Crippen LogP contribution in [0.2, 0.25) is 0 Å². The van der Waals surface area contributed by atoms with Gasteiger partial charge < -0.3 is 19.6 Å². The Bertz CT molecular complexity index is 748. The van der Waals surface area contributed by atoms with Gasteiger partial charge in [-0.3, -0.25) is 9.69 Å². The number of H-pyrrole nitrogens is 1. The quantitative estimate of drug-likeness (QED) is 0.874. The van der Waals surface area contributed by atoms with Crippen LogP contribution in [0.1, 0.15) is 40.9 Å². The van der Waals surface area contributed by atoms with E-state index in [-0.39, 0.29) is 5.91 Å². The molecule has 0 radical (unpaired) electrons. The van der Waals surface area contributed by atoms with Crippen molar-refractivity contribution in [1.29, 1.82) is 0 Å². The summed E-state index contributed by atoms with van der Waals surface area (Å²) in [5, 5.41) is 10.4. The van der Waals surface area contributed by atoms with Gasteiger partial charge in [0.1, 0.15) is 11.5 Å². The molecule has 0 aromatic carbocycles. The lowest BCUT2D eigenvalue weighted by Gasteiger charge is -2.22. The number of carbonyl (C=O) groups is 1. The minimum absolute atomic E-state index is 0.0233. The summed E-state index contributed by atoms with van der Waals surface area (Å²) in [7, 11) is 0. The number of hydrogen-bond acceptors (Lipinski definition) is 4. The van der Waals surface area contributed by atoms with Crippen LogP contribution < -0.4 is 0 Å². The Morgan fingerprint density at radius 3 is 2.92 bits per heavy atom. The SMILES string of the molecule is Cc1ncc(CN2CCN(C(=O)c3cccn3C3CC3)C[C@H](O)C2)[nH]1. The van der Waals surface area contributed by atoms with Crippen molar-refractivity contribution in [3.05, 3.63) is 41.7 Å². The number of imidazole rings is 1. The molecule has 1 saturated carbocycles. The largest absolute Gasteiger partial charge is 0.390 e. The molecule has 0 unspecified atom stereocenters. The van der Waals surface area contributed by atoms with Gasteiger partial charge in [0.2, 0.25) is 0 Å². The van der Waals surface area contributed by atoms with Gasteiger partial charge in [-0.1, -0.05) is 0 Å². The van der Waals surface area contributed by atoms with Crippen molar-refractivity contribution in [2.24, 2.45) is 0 Å². The van der Waals surface area contributed by atoms with Crippen molar-refractivity contribution >= 4 is 5.91 Å². The third-order valence-electron chi connectivity index (χ3n) is 4.96. The Morgan fingerprint density at radius 2 is 2.20 bits per heavy atom. The zero-order valence-corrected chi connectivity index (χ0v) is 14.6. The lowest BCUT2D eigenvalue weighted by molar-refractivity contribution is 0.0652. The first-order chi connectivity index (χ1) is 12.1. The van der Waals surface area contributed by atoms with Crippen molar-refractivity contribution in [3.63, 3.8) is 0 Å². The monoisotopic (exact) mass is 343 g/mol. The molecular formula is C18H25N5O2. The number of amides is 1. The molecule has 2 aliphatic rings. The number of carbonyl (C=O) groups excluding carboxylic acids is 1. The van der Waals surface area contributed by atoms with Gasteiger partial charge in [0.05, 0.1) is 6.10 Å². The molecule has 1 amide bonds. The van der Waals surface area contributed by atoms with Crippen molar-refractivity contribution in [3.8, 4) is 0 Å². The van der Waals surface area contributed by atoms with E-state index in [0.29, 0.717) is 32.2 Å². The van der Waals surface area contributed by atoms with E-state index >= 15 is 0 Å². The number of aromatic nitrogens is 3. The molecule has 2 N–H and O–H groups in total. The Labute approximate surface area is 147 Å². The normalized spacial score (nSPS) is 22.2. The van der Waals surface area contributed by atoms with Gasteiger partial charge in [-0.15, -0.1) is 0 Å². The number of β-amino-alcohol motifs (C(OH)–C–C–N with tert-alkyl or cyclic N) is 1. The summed E-state index contributed by atoms with van der Waals surface area (Å²) in [6.07, 6.45) is 5.58. The second-order valence-electron chi connectivity index (χ2n) is 7.17. The smallest absolute Gasteiger partial charge is 0.270 e. The molecule has 1 aliphatic heterocycles. The van der Waals surface area contributed by atoms with Crippen molar-refractivity contribution < 1.29 is 9.90 Å². The van der Waals surface area contributed by atoms with Gasteiger partial charge in [-0.25, -0.2) is 4.98 Å². The standard InChI is InChI=1S/C18H25N5O2/c1-13-19-9-14(20-13)10-21-7-8-22(12-16(24)11-21)18(25)17-3-2-6-23(17)15-4-5-15/h2-3,6,9,15-16,24H,4-5,7-8,10-12H2,1H3,(H,19,20)/t16-/m1/s1. The fraction of sp³-hybridized carbons (Fsp3) is 0.556. The van der Waals surface area contributed by atoms with E-state index in [4.69, 9.17) is 0 Å². The van der Waals surface area contributed by atoms with E-state index in [1.807, 2.05) is 31.5 Å². The van der Waals surface area contributed by atoms with Gasteiger partial charge in [-0.05, 0) is 31.9 Å². The summed E-state index contributed by atoms with van der Waals surface area (Å²) in [6, 6.07) is 4.31. The van der Waals surface area contributed by atoms with Crippen LogP contribution in [0, 0.1) is 6.92 Å². The highest BCUT2D eigenvalue weighted by Gasteiger charge is 2.30. The van der Waals surface area contributed by atoms with Gasteiger partial charge in [-0.2, -0.15) is 0 Å². The predicted octanol–water partition coefficient (Wildman–Crippen LogP) is 1.17. The van der Waals surface area contributed by atoms with E-state index in [9.17, 15) is 9.90 Å². The van der Waals surface area contributed by atoms with Crippen molar-refractivity contribution in [2.75, 3.05) is 26.2 Å². The van der Waals surface area contributed by atoms with Gasteiger partial charge in [0.25, 0.3) is 5.91 Å². The predicted molar refractivity (Wildman–Crippen MR) is 93.2 cm³/mol. The topological polar surface area (TPSA) is 77.4 Å². The van der Waals surface area contributed by atoms with Gasteiger partial charge in [0, 0.05) is 56.9 Å². The molecule has 7 nitrogen and oxygen atoms in total. The number of nitrogens with zero attached hydrogens (tertiary/aromatic N) is 4. The fourth-order valence-electron chi connectivity index (χ4n) is 3.58. The van der Waals surface area contributed by atoms with Gasteiger partial charge >= 0.3 is 0 Å². The van der Waals surface area contributed by atoms with Gasteiger partial charge in [0.15, 0.2) is 0 Å². The number of aliphatic hydroxyl groups is 1. The maximum Gasteiger partial charge on any atom is 0.270 e. The summed E-state index contributed by atoms with van der Waals surface area (Å²) >= 11 is 0. The van der Waals surface area contributed by atoms with Crippen molar-refractivity contribution in [2.45, 2.75) is 38.5 Å². The maximum atomic E-state index is 12.9. The third-order valence-corrected chi connectivity index (χ3v) is 4.96. The summed E-state index contributed by atoms with van der Waals surface area (Å²) in [6.45, 7) is 4.94. The maximum absolute atomic E-state index is 12.9. The molecule has 7 heteroatoms. The summed E-state index contributed by atoms with van der Waals surface area (Å²) in [5.41, 5.74) is 1.78. The summed E-state index contributed by atoms with van der Waals surface area (Å²) in [4.78, 5) is 24.3. The Morgan fingerprint density at radius 1 is 1.36 bits per heavy atom. The number of rotatable bonds is 4. The highest BCUT2D eigenvalue weighted by Crippen LogP contribution is 2.36. The molecule has 4 rings (SSSR count). The highest BCUT2D eigenvalue weighted by molar-refractivity contribution is 5.93. The summed E-state index contributed by atoms with van der Waals surface area (Å²) < 4.78 is 2.09. The van der Waals surface area contributed by atoms with E-state index < -0.39 is 6.10 Å². The number of aliphatic hydroxyl groups excluding tert-OH is 1. The Balaban J connectivity index is 1.43. The molecule has 2 aromatic rings. The van der Waals surface area contributed by atoms with Crippen LogP contribution in [0.5, 0.6) is 0 Å². The molecule has 25 heavy (non-hydrogen) atoms. The minimum Gasteiger partial charge on any atom is -0.390 e. The van der Waals surface area contributed by atoms with E-state index in [1.165, 1.54) is 0 Å². The fourth-order valence-corrected chi connectivity index (χ4v) is 3.58. The van der Waals surface area contributed by atoms with E-state index in [1.54, 1.807) is 4.90 Å².